The first kappa shape index (κ1) is 12.4. The van der Waals surface area contributed by atoms with E-state index in [1.165, 1.54) is 0 Å². The third-order valence-electron chi connectivity index (χ3n) is 2.94. The van der Waals surface area contributed by atoms with E-state index in [2.05, 4.69) is 11.8 Å². The van der Waals surface area contributed by atoms with E-state index < -0.39 is 6.10 Å². The Morgan fingerprint density at radius 1 is 0.889 bits per heavy atom. The Morgan fingerprint density at radius 3 is 2.11 bits per heavy atom. The van der Waals surface area contributed by atoms with Crippen molar-refractivity contribution in [3.63, 3.8) is 0 Å². The van der Waals surface area contributed by atoms with E-state index in [9.17, 15) is 5.11 Å². The zero-order valence-electron chi connectivity index (χ0n) is 10.6. The second kappa shape index (κ2) is 5.53. The summed E-state index contributed by atoms with van der Waals surface area (Å²) in [6.07, 6.45) is -0.730. The average molecular weight is 236 g/mol. The minimum atomic E-state index is -0.730. The molecular formula is C17H16O. The standard InChI is InChI=1S/C17H16O/c1-13-7-6-8-14(2)17(13)16(18)12-11-15-9-4-3-5-10-15/h3-10,16,18H,1-2H3. The van der Waals surface area contributed by atoms with Gasteiger partial charge in [-0.1, -0.05) is 48.2 Å². The summed E-state index contributed by atoms with van der Waals surface area (Å²) in [7, 11) is 0. The molecule has 2 rings (SSSR count). The van der Waals surface area contributed by atoms with E-state index in [0.29, 0.717) is 0 Å². The molecule has 0 aliphatic rings. The van der Waals surface area contributed by atoms with E-state index in [0.717, 1.165) is 22.3 Å². The highest BCUT2D eigenvalue weighted by Gasteiger charge is 2.09. The first-order chi connectivity index (χ1) is 8.68. The van der Waals surface area contributed by atoms with Gasteiger partial charge in [0.1, 0.15) is 6.10 Å². The van der Waals surface area contributed by atoms with Gasteiger partial charge in [-0.2, -0.15) is 0 Å². The van der Waals surface area contributed by atoms with Gasteiger partial charge in [0.25, 0.3) is 0 Å². The highest BCUT2D eigenvalue weighted by molar-refractivity contribution is 5.41. The Labute approximate surface area is 108 Å². The lowest BCUT2D eigenvalue weighted by Gasteiger charge is -2.11. The molecule has 0 aliphatic heterocycles. The van der Waals surface area contributed by atoms with Gasteiger partial charge in [-0.15, -0.1) is 0 Å². The van der Waals surface area contributed by atoms with Crippen molar-refractivity contribution < 1.29 is 5.11 Å². The van der Waals surface area contributed by atoms with Crippen LogP contribution in [0.5, 0.6) is 0 Å². The molecule has 90 valence electrons. The van der Waals surface area contributed by atoms with Crippen molar-refractivity contribution in [3.05, 3.63) is 70.8 Å². The molecule has 1 nitrogen and oxygen atoms in total. The van der Waals surface area contributed by atoms with Crippen LogP contribution in [-0.2, 0) is 0 Å². The Balaban J connectivity index is 2.28. The zero-order chi connectivity index (χ0) is 13.0. The fourth-order valence-corrected chi connectivity index (χ4v) is 2.00. The van der Waals surface area contributed by atoms with Crippen LogP contribution in [0.15, 0.2) is 48.5 Å². The van der Waals surface area contributed by atoms with E-state index >= 15 is 0 Å². The SMILES string of the molecule is Cc1cccc(C)c1C(O)C#Cc1ccccc1. The lowest BCUT2D eigenvalue weighted by Crippen LogP contribution is -2.00. The zero-order valence-corrected chi connectivity index (χ0v) is 10.6. The topological polar surface area (TPSA) is 20.2 Å². The Kier molecular flexibility index (Phi) is 3.82. The molecule has 0 saturated heterocycles. The molecule has 2 aromatic rings. The molecule has 0 saturated carbocycles. The highest BCUT2D eigenvalue weighted by Crippen LogP contribution is 2.21. The Bertz CT molecular complexity index is 568. The minimum absolute atomic E-state index is 0.730. The van der Waals surface area contributed by atoms with Crippen molar-refractivity contribution in [2.45, 2.75) is 20.0 Å². The summed E-state index contributed by atoms with van der Waals surface area (Å²) in [5.41, 5.74) is 3.98. The molecule has 0 radical (unpaired) electrons. The second-order valence-corrected chi connectivity index (χ2v) is 4.34. The van der Waals surface area contributed by atoms with E-state index in [1.54, 1.807) is 0 Å². The van der Waals surface area contributed by atoms with Crippen LogP contribution in [0.4, 0.5) is 0 Å². The Hall–Kier alpha value is -2.04. The summed E-state index contributed by atoms with van der Waals surface area (Å²) >= 11 is 0. The largest absolute Gasteiger partial charge is 0.376 e. The van der Waals surface area contributed by atoms with Gasteiger partial charge >= 0.3 is 0 Å². The number of hydrogen-bond donors (Lipinski definition) is 1. The predicted molar refractivity (Wildman–Crippen MR) is 74.2 cm³/mol. The molecule has 0 bridgehead atoms. The monoisotopic (exact) mass is 236 g/mol. The predicted octanol–water partition coefficient (Wildman–Crippen LogP) is 3.39. The van der Waals surface area contributed by atoms with E-state index in [1.807, 2.05) is 62.4 Å². The summed E-state index contributed by atoms with van der Waals surface area (Å²) in [6.45, 7) is 3.99. The van der Waals surface area contributed by atoms with Crippen LogP contribution < -0.4 is 0 Å². The van der Waals surface area contributed by atoms with Crippen LogP contribution in [0, 0.1) is 25.7 Å². The summed E-state index contributed by atoms with van der Waals surface area (Å²) < 4.78 is 0. The van der Waals surface area contributed by atoms with Crippen molar-refractivity contribution in [2.24, 2.45) is 0 Å². The highest BCUT2D eigenvalue weighted by atomic mass is 16.3. The molecule has 0 fully saturated rings. The summed E-state index contributed by atoms with van der Waals surface area (Å²) in [6, 6.07) is 15.7. The maximum Gasteiger partial charge on any atom is 0.141 e. The molecule has 1 unspecified atom stereocenters. The van der Waals surface area contributed by atoms with Crippen LogP contribution in [0.1, 0.15) is 28.4 Å². The number of benzene rings is 2. The van der Waals surface area contributed by atoms with Crippen LogP contribution in [-0.4, -0.2) is 5.11 Å². The van der Waals surface area contributed by atoms with E-state index in [4.69, 9.17) is 0 Å². The first-order valence-electron chi connectivity index (χ1n) is 5.99. The lowest BCUT2D eigenvalue weighted by atomic mass is 9.98. The van der Waals surface area contributed by atoms with Gasteiger partial charge in [0.2, 0.25) is 0 Å². The molecule has 18 heavy (non-hydrogen) atoms. The summed E-state index contributed by atoms with van der Waals surface area (Å²) in [5, 5.41) is 10.2. The van der Waals surface area contributed by atoms with Crippen molar-refractivity contribution in [1.29, 1.82) is 0 Å². The molecule has 1 heteroatoms. The lowest BCUT2D eigenvalue weighted by molar-refractivity contribution is 0.237. The minimum Gasteiger partial charge on any atom is -0.376 e. The smallest absolute Gasteiger partial charge is 0.141 e. The van der Waals surface area contributed by atoms with Crippen molar-refractivity contribution in [3.8, 4) is 11.8 Å². The number of hydrogen-bond acceptors (Lipinski definition) is 1. The molecule has 0 aromatic heterocycles. The number of aryl methyl sites for hydroxylation is 2. The quantitative estimate of drug-likeness (QED) is 0.752. The fraction of sp³-hybridized carbons (Fsp3) is 0.176. The molecule has 0 spiro atoms. The van der Waals surface area contributed by atoms with Crippen LogP contribution in [0.3, 0.4) is 0 Å². The average Bonchev–Trinajstić information content (AvgIpc) is 2.37. The van der Waals surface area contributed by atoms with Gasteiger partial charge in [0, 0.05) is 5.56 Å². The van der Waals surface area contributed by atoms with Crippen LogP contribution in [0.2, 0.25) is 0 Å². The Morgan fingerprint density at radius 2 is 1.50 bits per heavy atom. The molecular weight excluding hydrogens is 220 g/mol. The van der Waals surface area contributed by atoms with Crippen molar-refractivity contribution >= 4 is 0 Å². The number of aliphatic hydroxyl groups excluding tert-OH is 1. The molecule has 1 N–H and O–H groups in total. The number of rotatable bonds is 1. The maximum absolute atomic E-state index is 10.2. The molecule has 0 heterocycles. The van der Waals surface area contributed by atoms with Gasteiger partial charge in [-0.25, -0.2) is 0 Å². The normalized spacial score (nSPS) is 11.5. The van der Waals surface area contributed by atoms with Crippen LogP contribution in [0.25, 0.3) is 0 Å². The fourth-order valence-electron chi connectivity index (χ4n) is 2.00. The third kappa shape index (κ3) is 2.80. The first-order valence-corrected chi connectivity index (χ1v) is 5.99. The summed E-state index contributed by atoms with van der Waals surface area (Å²) in [4.78, 5) is 0. The van der Waals surface area contributed by atoms with Gasteiger partial charge in [-0.3, -0.25) is 0 Å². The maximum atomic E-state index is 10.2. The van der Waals surface area contributed by atoms with Gasteiger partial charge in [-0.05, 0) is 42.7 Å². The van der Waals surface area contributed by atoms with Gasteiger partial charge < -0.3 is 5.11 Å². The van der Waals surface area contributed by atoms with Gasteiger partial charge in [0.15, 0.2) is 0 Å². The number of aliphatic hydroxyl groups is 1. The molecule has 2 aromatic carbocycles. The molecule has 0 aliphatic carbocycles. The van der Waals surface area contributed by atoms with Gasteiger partial charge in [0.05, 0.1) is 0 Å². The van der Waals surface area contributed by atoms with Crippen molar-refractivity contribution in [2.75, 3.05) is 0 Å². The second-order valence-electron chi connectivity index (χ2n) is 4.34. The summed E-state index contributed by atoms with van der Waals surface area (Å²) in [5.74, 6) is 5.90. The molecule has 0 amide bonds. The van der Waals surface area contributed by atoms with E-state index in [-0.39, 0.29) is 0 Å². The van der Waals surface area contributed by atoms with Crippen LogP contribution >= 0.6 is 0 Å². The molecule has 1 atom stereocenters. The van der Waals surface area contributed by atoms with Crippen molar-refractivity contribution in [1.82, 2.24) is 0 Å². The third-order valence-corrected chi connectivity index (χ3v) is 2.94.